The molecule has 200 valence electrons. The Balaban J connectivity index is 2.13. The van der Waals surface area contributed by atoms with Gasteiger partial charge in [-0.1, -0.05) is 45.9 Å². The number of benzene rings is 2. The number of likely N-dealkylation sites (N-methyl/N-ethyl adjacent to an activating group) is 1. The van der Waals surface area contributed by atoms with Gasteiger partial charge in [0, 0.05) is 19.5 Å². The number of hydrogen-bond acceptors (Lipinski definition) is 4. The van der Waals surface area contributed by atoms with Gasteiger partial charge in [0.2, 0.25) is 5.91 Å². The van der Waals surface area contributed by atoms with Gasteiger partial charge in [-0.2, -0.15) is 0 Å². The molecule has 0 N–H and O–H groups in total. The number of carbonyl (C=O) groups is 1. The fourth-order valence-corrected chi connectivity index (χ4v) is 5.06. The summed E-state index contributed by atoms with van der Waals surface area (Å²) >= 11 is 0. The third-order valence-corrected chi connectivity index (χ3v) is 6.98. The SMILES string of the molecule is Cc1ccc(-n2c(C(C)N(CCN(C)C)C(=O)CC(C)CC(C)(C)C)nc3ccccc3c2=O)cc1C. The lowest BCUT2D eigenvalue weighted by Gasteiger charge is -2.33. The topological polar surface area (TPSA) is 58.4 Å². The van der Waals surface area contributed by atoms with Crippen LogP contribution in [0.4, 0.5) is 0 Å². The summed E-state index contributed by atoms with van der Waals surface area (Å²) in [6.45, 7) is 16.2. The van der Waals surface area contributed by atoms with Crippen LogP contribution in [0.5, 0.6) is 0 Å². The molecule has 0 aliphatic heterocycles. The van der Waals surface area contributed by atoms with Crippen LogP contribution in [0.3, 0.4) is 0 Å². The summed E-state index contributed by atoms with van der Waals surface area (Å²) in [5.74, 6) is 0.940. The van der Waals surface area contributed by atoms with E-state index in [-0.39, 0.29) is 28.8 Å². The second-order valence-electron chi connectivity index (χ2n) is 12.0. The molecule has 0 bridgehead atoms. The number of amides is 1. The molecular weight excluding hydrogens is 460 g/mol. The van der Waals surface area contributed by atoms with Gasteiger partial charge in [-0.15, -0.1) is 0 Å². The van der Waals surface area contributed by atoms with Gasteiger partial charge in [0.05, 0.1) is 22.6 Å². The summed E-state index contributed by atoms with van der Waals surface area (Å²) in [7, 11) is 4.02. The van der Waals surface area contributed by atoms with Crippen molar-refractivity contribution in [3.8, 4) is 5.69 Å². The van der Waals surface area contributed by atoms with Gasteiger partial charge in [-0.3, -0.25) is 14.2 Å². The van der Waals surface area contributed by atoms with Crippen LogP contribution in [0.1, 0.15) is 70.5 Å². The van der Waals surface area contributed by atoms with Crippen molar-refractivity contribution in [2.45, 2.75) is 67.3 Å². The molecule has 1 amide bonds. The highest BCUT2D eigenvalue weighted by molar-refractivity contribution is 5.79. The Morgan fingerprint density at radius 2 is 1.68 bits per heavy atom. The maximum Gasteiger partial charge on any atom is 0.266 e. The number of aromatic nitrogens is 2. The van der Waals surface area contributed by atoms with E-state index in [1.165, 1.54) is 0 Å². The first-order valence-corrected chi connectivity index (χ1v) is 13.3. The average molecular weight is 505 g/mol. The Hall–Kier alpha value is -2.99. The van der Waals surface area contributed by atoms with Crippen LogP contribution in [0, 0.1) is 25.2 Å². The number of carbonyl (C=O) groups excluding carboxylic acids is 1. The second-order valence-corrected chi connectivity index (χ2v) is 12.0. The summed E-state index contributed by atoms with van der Waals surface area (Å²) in [5, 5.41) is 0.571. The zero-order valence-electron chi connectivity index (χ0n) is 24.1. The Morgan fingerprint density at radius 1 is 1.00 bits per heavy atom. The molecule has 3 rings (SSSR count). The maximum absolute atomic E-state index is 13.9. The van der Waals surface area contributed by atoms with Crippen LogP contribution in [0.15, 0.2) is 47.3 Å². The molecule has 0 spiro atoms. The van der Waals surface area contributed by atoms with E-state index in [0.717, 1.165) is 29.8 Å². The minimum Gasteiger partial charge on any atom is -0.331 e. The van der Waals surface area contributed by atoms with Crippen molar-refractivity contribution in [1.82, 2.24) is 19.4 Å². The highest BCUT2D eigenvalue weighted by atomic mass is 16.2. The lowest BCUT2D eigenvalue weighted by Crippen LogP contribution is -2.41. The molecule has 6 nitrogen and oxygen atoms in total. The molecule has 37 heavy (non-hydrogen) atoms. The highest BCUT2D eigenvalue weighted by Gasteiger charge is 2.28. The van der Waals surface area contributed by atoms with Crippen LogP contribution in [0.2, 0.25) is 0 Å². The maximum atomic E-state index is 13.9. The zero-order chi connectivity index (χ0) is 27.5. The largest absolute Gasteiger partial charge is 0.331 e. The van der Waals surface area contributed by atoms with E-state index in [0.29, 0.717) is 29.7 Å². The summed E-state index contributed by atoms with van der Waals surface area (Å²) in [5.41, 5.74) is 3.73. The minimum atomic E-state index is -0.381. The normalized spacial score (nSPS) is 13.7. The summed E-state index contributed by atoms with van der Waals surface area (Å²) in [6, 6.07) is 13.1. The summed E-state index contributed by atoms with van der Waals surface area (Å²) in [4.78, 5) is 36.6. The monoisotopic (exact) mass is 504 g/mol. The van der Waals surface area contributed by atoms with Gasteiger partial charge >= 0.3 is 0 Å². The molecule has 0 aliphatic carbocycles. The lowest BCUT2D eigenvalue weighted by atomic mass is 9.84. The Kier molecular flexibility index (Phi) is 8.96. The first-order valence-electron chi connectivity index (χ1n) is 13.3. The van der Waals surface area contributed by atoms with Crippen LogP contribution >= 0.6 is 0 Å². The van der Waals surface area contributed by atoms with Crippen LogP contribution in [0.25, 0.3) is 16.6 Å². The molecule has 0 aliphatic rings. The molecule has 0 radical (unpaired) electrons. The van der Waals surface area contributed by atoms with Gasteiger partial charge < -0.3 is 9.80 Å². The molecule has 6 heteroatoms. The van der Waals surface area contributed by atoms with Crippen molar-refractivity contribution in [1.29, 1.82) is 0 Å². The first kappa shape index (κ1) is 28.6. The van der Waals surface area contributed by atoms with Crippen molar-refractivity contribution in [3.05, 3.63) is 69.8 Å². The van der Waals surface area contributed by atoms with Crippen molar-refractivity contribution in [2.75, 3.05) is 27.2 Å². The molecule has 2 atom stereocenters. The number of nitrogens with zero attached hydrogens (tertiary/aromatic N) is 4. The third-order valence-electron chi connectivity index (χ3n) is 6.98. The van der Waals surface area contributed by atoms with Crippen LogP contribution < -0.4 is 5.56 Å². The van der Waals surface area contributed by atoms with Crippen molar-refractivity contribution in [3.63, 3.8) is 0 Å². The van der Waals surface area contributed by atoms with E-state index < -0.39 is 0 Å². The van der Waals surface area contributed by atoms with E-state index in [1.54, 1.807) is 4.57 Å². The predicted molar refractivity (Wildman–Crippen MR) is 153 cm³/mol. The van der Waals surface area contributed by atoms with Crippen molar-refractivity contribution < 1.29 is 4.79 Å². The average Bonchev–Trinajstić information content (AvgIpc) is 2.79. The molecule has 2 aromatic carbocycles. The quantitative estimate of drug-likeness (QED) is 0.363. The lowest BCUT2D eigenvalue weighted by molar-refractivity contribution is -0.134. The third kappa shape index (κ3) is 7.07. The number of para-hydroxylation sites is 1. The summed E-state index contributed by atoms with van der Waals surface area (Å²) in [6.07, 6.45) is 1.44. The molecular formula is C31H44N4O2. The number of fused-ring (bicyclic) bond motifs is 1. The molecule has 1 aromatic heterocycles. The molecule has 0 fully saturated rings. The molecule has 3 aromatic rings. The first-order chi connectivity index (χ1) is 17.3. The fraction of sp³-hybridized carbons (Fsp3) is 0.516. The zero-order valence-corrected chi connectivity index (χ0v) is 24.1. The van der Waals surface area contributed by atoms with Gasteiger partial charge in [-0.05, 0) is 88.0 Å². The summed E-state index contributed by atoms with van der Waals surface area (Å²) < 4.78 is 1.70. The number of rotatable bonds is 9. The van der Waals surface area contributed by atoms with Gasteiger partial charge in [-0.25, -0.2) is 4.98 Å². The van der Waals surface area contributed by atoms with E-state index in [2.05, 4.69) is 39.5 Å². The standard InChI is InChI=1S/C31H44N4O2/c1-21(20-31(5,6)7)18-28(36)34(17-16-33(8)9)24(4)29-32-27-13-11-10-12-26(27)30(37)35(29)25-15-14-22(2)23(3)19-25/h10-15,19,21,24H,16-18,20H2,1-9H3. The number of aryl methyl sites for hydroxylation is 2. The van der Waals surface area contributed by atoms with Gasteiger partial charge in [0.15, 0.2) is 0 Å². The highest BCUT2D eigenvalue weighted by Crippen LogP contribution is 2.29. The van der Waals surface area contributed by atoms with Crippen molar-refractivity contribution >= 4 is 16.8 Å². The Morgan fingerprint density at radius 3 is 2.30 bits per heavy atom. The van der Waals surface area contributed by atoms with Crippen LogP contribution in [-0.2, 0) is 4.79 Å². The predicted octanol–water partition coefficient (Wildman–Crippen LogP) is 5.92. The van der Waals surface area contributed by atoms with Gasteiger partial charge in [0.25, 0.3) is 5.56 Å². The van der Waals surface area contributed by atoms with Crippen LogP contribution in [-0.4, -0.2) is 52.4 Å². The number of hydrogen-bond donors (Lipinski definition) is 0. The molecule has 0 saturated heterocycles. The second kappa shape index (κ2) is 11.6. The van der Waals surface area contributed by atoms with E-state index in [1.807, 2.05) is 75.3 Å². The van der Waals surface area contributed by atoms with E-state index >= 15 is 0 Å². The minimum absolute atomic E-state index is 0.0974. The van der Waals surface area contributed by atoms with E-state index in [4.69, 9.17) is 4.98 Å². The van der Waals surface area contributed by atoms with E-state index in [9.17, 15) is 9.59 Å². The molecule has 1 heterocycles. The Bertz CT molecular complexity index is 1300. The molecule has 2 unspecified atom stereocenters. The fourth-order valence-electron chi connectivity index (χ4n) is 5.06. The smallest absolute Gasteiger partial charge is 0.266 e. The Labute approximate surface area is 222 Å². The van der Waals surface area contributed by atoms with Crippen molar-refractivity contribution in [2.24, 2.45) is 11.3 Å². The van der Waals surface area contributed by atoms with Gasteiger partial charge in [0.1, 0.15) is 5.82 Å². The molecule has 0 saturated carbocycles.